The number of hydrogen-bond acceptors (Lipinski definition) is 2. The smallest absolute Gasteiger partial charge is 0.319 e. The lowest BCUT2D eigenvalue weighted by molar-refractivity contribution is 0.202. The molecule has 0 N–H and O–H groups in total. The van der Waals surface area contributed by atoms with Crippen LogP contribution in [0.25, 0.3) is 5.57 Å². The van der Waals surface area contributed by atoms with Crippen LogP contribution in [0.15, 0.2) is 29.2 Å². The lowest BCUT2D eigenvalue weighted by Gasteiger charge is -2.21. The van der Waals surface area contributed by atoms with Gasteiger partial charge in [0.25, 0.3) is 0 Å². The standard InChI is InChI=1S/C13H15N3O2/c1-14-6-9(3-4-12(14)17)10-5-11-8-16(7-10)13(18)15(11)2/h3-6,11H,7-8H2,1-2H3. The summed E-state index contributed by atoms with van der Waals surface area (Å²) in [5, 5.41) is 0. The molecule has 0 spiro atoms. The SMILES string of the molecule is CN1C(=O)N2CC(c3ccc(=O)n(C)c3)=CC1C2. The molecule has 0 aliphatic carbocycles. The van der Waals surface area contributed by atoms with Crippen molar-refractivity contribution in [3.63, 3.8) is 0 Å². The largest absolute Gasteiger partial charge is 0.320 e. The first-order valence-corrected chi connectivity index (χ1v) is 5.96. The van der Waals surface area contributed by atoms with Crippen LogP contribution < -0.4 is 5.56 Å². The van der Waals surface area contributed by atoms with Gasteiger partial charge in [0.1, 0.15) is 0 Å². The van der Waals surface area contributed by atoms with Gasteiger partial charge in [-0.2, -0.15) is 0 Å². The Kier molecular flexibility index (Phi) is 2.29. The van der Waals surface area contributed by atoms with Crippen molar-refractivity contribution in [1.29, 1.82) is 0 Å². The minimum Gasteiger partial charge on any atom is -0.319 e. The summed E-state index contributed by atoms with van der Waals surface area (Å²) >= 11 is 0. The molecule has 1 aromatic rings. The van der Waals surface area contributed by atoms with E-state index >= 15 is 0 Å². The van der Waals surface area contributed by atoms with Crippen LogP contribution in [0.3, 0.4) is 0 Å². The molecule has 2 bridgehead atoms. The van der Waals surface area contributed by atoms with Crippen LogP contribution in [0.5, 0.6) is 0 Å². The van der Waals surface area contributed by atoms with Crippen molar-refractivity contribution in [1.82, 2.24) is 14.4 Å². The second kappa shape index (κ2) is 3.73. The maximum atomic E-state index is 11.8. The van der Waals surface area contributed by atoms with Gasteiger partial charge in [0.15, 0.2) is 0 Å². The lowest BCUT2D eigenvalue weighted by Crippen LogP contribution is -2.30. The Labute approximate surface area is 105 Å². The average Bonchev–Trinajstić information content (AvgIpc) is 2.57. The minimum atomic E-state index is -0.0216. The Morgan fingerprint density at radius 2 is 2.00 bits per heavy atom. The molecule has 1 aromatic heterocycles. The van der Waals surface area contributed by atoms with Crippen molar-refractivity contribution in [2.45, 2.75) is 6.04 Å². The molecule has 1 atom stereocenters. The number of hydrogen-bond donors (Lipinski definition) is 0. The Morgan fingerprint density at radius 3 is 2.67 bits per heavy atom. The first-order valence-electron chi connectivity index (χ1n) is 5.96. The van der Waals surface area contributed by atoms with Crippen LogP contribution in [-0.2, 0) is 7.05 Å². The third-order valence-corrected chi connectivity index (χ3v) is 3.69. The Bertz CT molecular complexity index is 602. The molecule has 0 radical (unpaired) electrons. The van der Waals surface area contributed by atoms with Crippen molar-refractivity contribution in [3.8, 4) is 0 Å². The quantitative estimate of drug-likeness (QED) is 0.724. The van der Waals surface area contributed by atoms with E-state index in [1.807, 2.05) is 24.2 Å². The molecule has 2 amide bonds. The summed E-state index contributed by atoms with van der Waals surface area (Å²) in [6, 6.07) is 3.62. The number of carbonyl (C=O) groups is 1. The number of carbonyl (C=O) groups excluding carboxylic acids is 1. The number of rotatable bonds is 1. The summed E-state index contributed by atoms with van der Waals surface area (Å²) in [5.41, 5.74) is 2.10. The summed E-state index contributed by atoms with van der Waals surface area (Å²) in [6.07, 6.45) is 3.95. The van der Waals surface area contributed by atoms with E-state index in [2.05, 4.69) is 6.08 Å². The normalized spacial score (nSPS) is 22.4. The number of urea groups is 1. The number of pyridine rings is 1. The fraction of sp³-hybridized carbons (Fsp3) is 0.385. The summed E-state index contributed by atoms with van der Waals surface area (Å²) in [7, 11) is 3.56. The molecule has 5 nitrogen and oxygen atoms in total. The highest BCUT2D eigenvalue weighted by Gasteiger charge is 2.37. The monoisotopic (exact) mass is 245 g/mol. The minimum absolute atomic E-state index is 0.0216. The first-order chi connectivity index (χ1) is 8.56. The van der Waals surface area contributed by atoms with Crippen molar-refractivity contribution >= 4 is 11.6 Å². The summed E-state index contributed by atoms with van der Waals surface area (Å²) < 4.78 is 1.56. The molecule has 2 aliphatic heterocycles. The van der Waals surface area contributed by atoms with Gasteiger partial charge >= 0.3 is 6.03 Å². The molecule has 0 saturated carbocycles. The van der Waals surface area contributed by atoms with Crippen molar-refractivity contribution < 1.29 is 4.79 Å². The molecule has 2 aliphatic rings. The molecule has 1 unspecified atom stereocenters. The molecule has 0 aromatic carbocycles. The van der Waals surface area contributed by atoms with Crippen molar-refractivity contribution in [2.24, 2.45) is 7.05 Å². The molecular weight excluding hydrogens is 230 g/mol. The van der Waals surface area contributed by atoms with Crippen molar-refractivity contribution in [3.05, 3.63) is 40.3 Å². The van der Waals surface area contributed by atoms with Gasteiger partial charge in [-0.1, -0.05) is 6.08 Å². The van der Waals surface area contributed by atoms with E-state index in [9.17, 15) is 9.59 Å². The zero-order valence-corrected chi connectivity index (χ0v) is 10.5. The third-order valence-electron chi connectivity index (χ3n) is 3.69. The molecule has 5 heteroatoms. The van der Waals surface area contributed by atoms with Gasteiger partial charge in [0.2, 0.25) is 5.56 Å². The second-order valence-electron chi connectivity index (χ2n) is 4.90. The zero-order valence-electron chi connectivity index (χ0n) is 10.5. The molecule has 18 heavy (non-hydrogen) atoms. The summed E-state index contributed by atoms with van der Waals surface area (Å²) in [5.74, 6) is 0. The van der Waals surface area contributed by atoms with Crippen LogP contribution in [0.2, 0.25) is 0 Å². The van der Waals surface area contributed by atoms with Gasteiger partial charge in [0, 0.05) is 39.4 Å². The van der Waals surface area contributed by atoms with Gasteiger partial charge < -0.3 is 14.4 Å². The molecule has 94 valence electrons. The highest BCUT2D eigenvalue weighted by Crippen LogP contribution is 2.27. The first kappa shape index (κ1) is 11.1. The molecule has 3 heterocycles. The maximum Gasteiger partial charge on any atom is 0.320 e. The predicted molar refractivity (Wildman–Crippen MR) is 68.2 cm³/mol. The third kappa shape index (κ3) is 1.54. The molecule has 1 saturated heterocycles. The lowest BCUT2D eigenvalue weighted by atomic mass is 10.0. The van der Waals surface area contributed by atoms with Crippen LogP contribution in [0.4, 0.5) is 4.79 Å². The Morgan fingerprint density at radius 1 is 1.22 bits per heavy atom. The molecule has 1 fully saturated rings. The van der Waals surface area contributed by atoms with E-state index in [0.717, 1.165) is 17.7 Å². The van der Waals surface area contributed by atoms with Crippen LogP contribution in [-0.4, -0.2) is 46.6 Å². The van der Waals surface area contributed by atoms with Gasteiger partial charge in [-0.25, -0.2) is 4.79 Å². The van der Waals surface area contributed by atoms with Crippen LogP contribution in [0, 0.1) is 0 Å². The topological polar surface area (TPSA) is 45.6 Å². The van der Waals surface area contributed by atoms with Crippen LogP contribution >= 0.6 is 0 Å². The number of likely N-dealkylation sites (N-methyl/N-ethyl adjacent to an activating group) is 1. The fourth-order valence-electron chi connectivity index (χ4n) is 2.55. The average molecular weight is 245 g/mol. The Balaban J connectivity index is 1.99. The number of aromatic nitrogens is 1. The van der Waals surface area contributed by atoms with Crippen LogP contribution in [0.1, 0.15) is 5.56 Å². The van der Waals surface area contributed by atoms with E-state index in [0.29, 0.717) is 6.54 Å². The zero-order chi connectivity index (χ0) is 12.9. The number of amides is 2. The highest BCUT2D eigenvalue weighted by molar-refractivity contribution is 5.83. The van der Waals surface area contributed by atoms with E-state index in [1.165, 1.54) is 0 Å². The van der Waals surface area contributed by atoms with Crippen molar-refractivity contribution in [2.75, 3.05) is 20.1 Å². The van der Waals surface area contributed by atoms with Gasteiger partial charge in [-0.05, 0) is 17.2 Å². The highest BCUT2D eigenvalue weighted by atomic mass is 16.2. The summed E-state index contributed by atoms with van der Waals surface area (Å²) in [6.45, 7) is 1.39. The van der Waals surface area contributed by atoms with E-state index < -0.39 is 0 Å². The summed E-state index contributed by atoms with van der Waals surface area (Å²) in [4.78, 5) is 26.8. The molecule has 3 rings (SSSR count). The van der Waals surface area contributed by atoms with Gasteiger partial charge in [-0.3, -0.25) is 4.79 Å². The van der Waals surface area contributed by atoms with Gasteiger partial charge in [-0.15, -0.1) is 0 Å². The number of aryl methyl sites for hydroxylation is 1. The number of nitrogens with zero attached hydrogens (tertiary/aromatic N) is 3. The van der Waals surface area contributed by atoms with Gasteiger partial charge in [0.05, 0.1) is 6.04 Å². The predicted octanol–water partition coefficient (Wildman–Crippen LogP) is 0.518. The molecular formula is C13H15N3O2. The Hall–Kier alpha value is -2.04. The second-order valence-corrected chi connectivity index (χ2v) is 4.90. The maximum absolute atomic E-state index is 11.8. The number of fused-ring (bicyclic) bond motifs is 2. The van der Waals surface area contributed by atoms with E-state index in [4.69, 9.17) is 0 Å². The van der Waals surface area contributed by atoms with E-state index in [1.54, 1.807) is 22.6 Å². The fourth-order valence-corrected chi connectivity index (χ4v) is 2.55. The van der Waals surface area contributed by atoms with E-state index in [-0.39, 0.29) is 17.6 Å².